The zero-order chi connectivity index (χ0) is 18.4. The van der Waals surface area contributed by atoms with Crippen LogP contribution in [0.15, 0.2) is 77.4 Å². The molecule has 0 atom stereocenters. The fraction of sp³-hybridized carbons (Fsp3) is 0.143. The Labute approximate surface area is 152 Å². The van der Waals surface area contributed by atoms with Crippen LogP contribution in [-0.4, -0.2) is 25.4 Å². The Balaban J connectivity index is 1.70. The number of hydrogen-bond acceptors (Lipinski definition) is 3. The van der Waals surface area contributed by atoms with Crippen molar-refractivity contribution in [3.05, 3.63) is 89.9 Å². The molecule has 0 bridgehead atoms. The molecule has 0 spiro atoms. The number of benzene rings is 2. The van der Waals surface area contributed by atoms with Crippen LogP contribution in [0.4, 0.5) is 5.69 Å². The van der Waals surface area contributed by atoms with E-state index >= 15 is 0 Å². The fourth-order valence-electron chi connectivity index (χ4n) is 2.69. The zero-order valence-corrected chi connectivity index (χ0v) is 14.5. The highest BCUT2D eigenvalue weighted by atomic mass is 16.3. The van der Waals surface area contributed by atoms with Crippen molar-refractivity contribution in [3.8, 4) is 0 Å². The van der Waals surface area contributed by atoms with Crippen molar-refractivity contribution < 1.29 is 14.0 Å². The fourth-order valence-corrected chi connectivity index (χ4v) is 2.69. The summed E-state index contributed by atoms with van der Waals surface area (Å²) in [7, 11) is 1.63. The summed E-state index contributed by atoms with van der Waals surface area (Å²) in [5.74, 6) is -0.290. The van der Waals surface area contributed by atoms with Crippen molar-refractivity contribution in [3.63, 3.8) is 0 Å². The van der Waals surface area contributed by atoms with Crippen molar-refractivity contribution in [1.82, 2.24) is 5.32 Å². The largest absolute Gasteiger partial charge is 0.459 e. The monoisotopic (exact) mass is 348 g/mol. The van der Waals surface area contributed by atoms with Gasteiger partial charge in [0.05, 0.1) is 17.5 Å². The second kappa shape index (κ2) is 8.16. The molecule has 0 unspecified atom stereocenters. The molecule has 3 rings (SSSR count). The molecular weight excluding hydrogens is 328 g/mol. The molecule has 0 saturated heterocycles. The molecule has 0 saturated carbocycles. The molecular formula is C21H20N2O3. The van der Waals surface area contributed by atoms with Gasteiger partial charge in [-0.1, -0.05) is 42.5 Å². The minimum Gasteiger partial charge on any atom is -0.459 e. The van der Waals surface area contributed by atoms with E-state index in [0.717, 1.165) is 12.0 Å². The van der Waals surface area contributed by atoms with Crippen molar-refractivity contribution >= 4 is 17.5 Å². The molecule has 0 aliphatic rings. The van der Waals surface area contributed by atoms with Gasteiger partial charge in [0, 0.05) is 13.6 Å². The summed E-state index contributed by atoms with van der Waals surface area (Å²) in [6.07, 6.45) is 2.19. The molecule has 3 aromatic rings. The normalized spacial score (nSPS) is 10.3. The Morgan fingerprint density at radius 1 is 0.962 bits per heavy atom. The number of furan rings is 1. The lowest BCUT2D eigenvalue weighted by Crippen LogP contribution is -2.31. The highest BCUT2D eigenvalue weighted by Crippen LogP contribution is 2.21. The lowest BCUT2D eigenvalue weighted by molar-refractivity contribution is 0.0954. The van der Waals surface area contributed by atoms with Crippen LogP contribution in [0.3, 0.4) is 0 Å². The number of anilines is 1. The standard InChI is InChI=1S/C21H20N2O3/c1-23(21(25)19-12-7-15-26-19)18-11-6-5-10-17(18)20(24)22-14-13-16-8-3-2-4-9-16/h2-12,15H,13-14H2,1H3,(H,22,24). The van der Waals surface area contributed by atoms with E-state index in [9.17, 15) is 9.59 Å². The van der Waals surface area contributed by atoms with Crippen molar-refractivity contribution in [1.29, 1.82) is 0 Å². The average Bonchev–Trinajstić information content (AvgIpc) is 3.22. The van der Waals surface area contributed by atoms with Crippen LogP contribution in [0, 0.1) is 0 Å². The molecule has 0 aliphatic carbocycles. The van der Waals surface area contributed by atoms with Gasteiger partial charge in [-0.05, 0) is 36.2 Å². The molecule has 5 heteroatoms. The molecule has 0 radical (unpaired) electrons. The van der Waals surface area contributed by atoms with E-state index in [4.69, 9.17) is 4.42 Å². The average molecular weight is 348 g/mol. The summed E-state index contributed by atoms with van der Waals surface area (Å²) >= 11 is 0. The van der Waals surface area contributed by atoms with Crippen LogP contribution in [0.5, 0.6) is 0 Å². The maximum Gasteiger partial charge on any atom is 0.293 e. The van der Waals surface area contributed by atoms with Gasteiger partial charge < -0.3 is 14.6 Å². The van der Waals surface area contributed by atoms with Crippen LogP contribution < -0.4 is 10.2 Å². The first-order chi connectivity index (χ1) is 12.7. The predicted molar refractivity (Wildman–Crippen MR) is 100 cm³/mol. The Hall–Kier alpha value is -3.34. The van der Waals surface area contributed by atoms with E-state index in [-0.39, 0.29) is 17.6 Å². The Kier molecular flexibility index (Phi) is 5.49. The second-order valence-corrected chi connectivity index (χ2v) is 5.85. The first kappa shape index (κ1) is 17.5. The lowest BCUT2D eigenvalue weighted by Gasteiger charge is -2.19. The van der Waals surface area contributed by atoms with Crippen LogP contribution >= 0.6 is 0 Å². The number of para-hydroxylation sites is 1. The number of carbonyl (C=O) groups excluding carboxylic acids is 2. The molecule has 132 valence electrons. The smallest absolute Gasteiger partial charge is 0.293 e. The second-order valence-electron chi connectivity index (χ2n) is 5.85. The molecule has 1 aromatic heterocycles. The topological polar surface area (TPSA) is 62.6 Å². The quantitative estimate of drug-likeness (QED) is 0.741. The van der Waals surface area contributed by atoms with E-state index < -0.39 is 0 Å². The van der Waals surface area contributed by atoms with Gasteiger partial charge in [0.2, 0.25) is 0 Å². The minimum atomic E-state index is -0.306. The van der Waals surface area contributed by atoms with Crippen molar-refractivity contribution in [2.75, 3.05) is 18.5 Å². The van der Waals surface area contributed by atoms with Gasteiger partial charge in [0.25, 0.3) is 11.8 Å². The molecule has 1 N–H and O–H groups in total. The number of nitrogens with one attached hydrogen (secondary N) is 1. The molecule has 1 heterocycles. The number of amides is 2. The Morgan fingerprint density at radius 3 is 2.42 bits per heavy atom. The summed E-state index contributed by atoms with van der Waals surface area (Å²) < 4.78 is 5.16. The number of nitrogens with zero attached hydrogens (tertiary/aromatic N) is 1. The first-order valence-electron chi connectivity index (χ1n) is 8.39. The number of carbonyl (C=O) groups is 2. The van der Waals surface area contributed by atoms with Crippen LogP contribution in [0.2, 0.25) is 0 Å². The third kappa shape index (κ3) is 4.00. The van der Waals surface area contributed by atoms with E-state index in [1.807, 2.05) is 30.3 Å². The summed E-state index contributed by atoms with van der Waals surface area (Å²) in [6.45, 7) is 0.521. The van der Waals surface area contributed by atoms with E-state index in [0.29, 0.717) is 17.8 Å². The predicted octanol–water partition coefficient (Wildman–Crippen LogP) is 3.53. The van der Waals surface area contributed by atoms with Crippen molar-refractivity contribution in [2.45, 2.75) is 6.42 Å². The van der Waals surface area contributed by atoms with Crippen LogP contribution in [0.25, 0.3) is 0 Å². The summed E-state index contributed by atoms with van der Waals surface area (Å²) in [6, 6.07) is 20.2. The van der Waals surface area contributed by atoms with E-state index in [1.165, 1.54) is 11.2 Å². The summed E-state index contributed by atoms with van der Waals surface area (Å²) in [4.78, 5) is 26.5. The number of hydrogen-bond donors (Lipinski definition) is 1. The SMILES string of the molecule is CN(C(=O)c1ccco1)c1ccccc1C(=O)NCCc1ccccc1. The first-order valence-corrected chi connectivity index (χ1v) is 8.39. The third-order valence-electron chi connectivity index (χ3n) is 4.09. The maximum atomic E-state index is 12.6. The Morgan fingerprint density at radius 2 is 1.69 bits per heavy atom. The molecule has 0 fully saturated rings. The molecule has 0 aliphatic heterocycles. The number of rotatable bonds is 6. The van der Waals surface area contributed by atoms with E-state index in [1.54, 1.807) is 43.4 Å². The zero-order valence-electron chi connectivity index (χ0n) is 14.5. The molecule has 2 amide bonds. The molecule has 5 nitrogen and oxygen atoms in total. The summed E-state index contributed by atoms with van der Waals surface area (Å²) in [5.41, 5.74) is 2.14. The van der Waals surface area contributed by atoms with Crippen molar-refractivity contribution in [2.24, 2.45) is 0 Å². The maximum absolute atomic E-state index is 12.6. The minimum absolute atomic E-state index is 0.212. The van der Waals surface area contributed by atoms with Gasteiger partial charge in [-0.3, -0.25) is 9.59 Å². The molecule has 2 aromatic carbocycles. The van der Waals surface area contributed by atoms with Crippen LogP contribution in [-0.2, 0) is 6.42 Å². The highest BCUT2D eigenvalue weighted by Gasteiger charge is 2.20. The van der Waals surface area contributed by atoms with Gasteiger partial charge in [-0.15, -0.1) is 0 Å². The van der Waals surface area contributed by atoms with Gasteiger partial charge in [-0.2, -0.15) is 0 Å². The summed E-state index contributed by atoms with van der Waals surface area (Å²) in [5, 5.41) is 2.92. The Bertz CT molecular complexity index is 873. The van der Waals surface area contributed by atoms with Gasteiger partial charge in [-0.25, -0.2) is 0 Å². The van der Waals surface area contributed by atoms with Gasteiger partial charge in [0.1, 0.15) is 0 Å². The molecule has 26 heavy (non-hydrogen) atoms. The van der Waals surface area contributed by atoms with E-state index in [2.05, 4.69) is 5.32 Å². The highest BCUT2D eigenvalue weighted by molar-refractivity contribution is 6.09. The third-order valence-corrected chi connectivity index (χ3v) is 4.09. The van der Waals surface area contributed by atoms with Gasteiger partial charge >= 0.3 is 0 Å². The lowest BCUT2D eigenvalue weighted by atomic mass is 10.1. The van der Waals surface area contributed by atoms with Crippen LogP contribution in [0.1, 0.15) is 26.5 Å². The van der Waals surface area contributed by atoms with Gasteiger partial charge in [0.15, 0.2) is 5.76 Å².